The lowest BCUT2D eigenvalue weighted by molar-refractivity contribution is 0.125. The van der Waals surface area contributed by atoms with Crippen LogP contribution in [-0.2, 0) is 0 Å². The second kappa shape index (κ2) is 10.7. The maximum absolute atomic E-state index is 9.31. The normalized spacial score (nSPS) is 13.8. The van der Waals surface area contributed by atoms with Crippen molar-refractivity contribution in [1.29, 1.82) is 0 Å². The molecule has 1 unspecified atom stereocenters. The Balaban J connectivity index is 3.91. The van der Waals surface area contributed by atoms with Crippen molar-refractivity contribution < 1.29 is 5.11 Å². The van der Waals surface area contributed by atoms with Crippen LogP contribution >= 0.6 is 0 Å². The summed E-state index contributed by atoms with van der Waals surface area (Å²) >= 11 is 0. The minimum atomic E-state index is 0.256. The van der Waals surface area contributed by atoms with E-state index in [2.05, 4.69) is 49.7 Å². The molecule has 0 aliphatic carbocycles. The molecule has 0 heterocycles. The summed E-state index contributed by atoms with van der Waals surface area (Å²) in [6.45, 7) is 10.1. The molecule has 0 spiro atoms. The highest BCUT2D eigenvalue weighted by Crippen LogP contribution is 2.03. The van der Waals surface area contributed by atoms with Gasteiger partial charge in [-0.3, -0.25) is 4.90 Å². The summed E-state index contributed by atoms with van der Waals surface area (Å²) < 4.78 is 0. The Hall–Kier alpha value is -0.160. The lowest BCUT2D eigenvalue weighted by Gasteiger charge is -2.29. The molecule has 0 fully saturated rings. The van der Waals surface area contributed by atoms with E-state index >= 15 is 0 Å². The van der Waals surface area contributed by atoms with E-state index in [0.29, 0.717) is 0 Å². The zero-order chi connectivity index (χ0) is 14.0. The molecule has 18 heavy (non-hydrogen) atoms. The molecular formula is C14H33N3O. The van der Waals surface area contributed by atoms with E-state index in [4.69, 9.17) is 0 Å². The van der Waals surface area contributed by atoms with Crippen molar-refractivity contribution in [2.75, 3.05) is 60.5 Å². The second-order valence-corrected chi connectivity index (χ2v) is 5.47. The predicted octanol–water partition coefficient (Wildman–Crippen LogP) is 0.963. The SMILES string of the molecule is CCN(C)CCCN(CCCN(C)C)C(C)CO. The van der Waals surface area contributed by atoms with Crippen LogP contribution in [0.5, 0.6) is 0 Å². The Morgan fingerprint density at radius 1 is 0.944 bits per heavy atom. The minimum absolute atomic E-state index is 0.256. The first-order valence-corrected chi connectivity index (χ1v) is 7.19. The largest absolute Gasteiger partial charge is 0.395 e. The topological polar surface area (TPSA) is 30.0 Å². The quantitative estimate of drug-likeness (QED) is 0.599. The monoisotopic (exact) mass is 259 g/mol. The van der Waals surface area contributed by atoms with Gasteiger partial charge in [0.25, 0.3) is 0 Å². The molecule has 0 radical (unpaired) electrons. The number of aliphatic hydroxyl groups excluding tert-OH is 1. The molecule has 4 heteroatoms. The lowest BCUT2D eigenvalue weighted by Crippen LogP contribution is -2.39. The van der Waals surface area contributed by atoms with Crippen molar-refractivity contribution >= 4 is 0 Å². The minimum Gasteiger partial charge on any atom is -0.395 e. The standard InChI is InChI=1S/C14H33N3O/c1-6-16(5)10-8-12-17(14(2)13-18)11-7-9-15(3)4/h14,18H,6-13H2,1-5H3. The average molecular weight is 259 g/mol. The first kappa shape index (κ1) is 17.8. The van der Waals surface area contributed by atoms with Crippen LogP contribution in [0, 0.1) is 0 Å². The molecule has 0 bridgehead atoms. The summed E-state index contributed by atoms with van der Waals surface area (Å²) in [5, 5.41) is 9.31. The Bertz CT molecular complexity index is 188. The van der Waals surface area contributed by atoms with Crippen molar-refractivity contribution in [3.63, 3.8) is 0 Å². The third kappa shape index (κ3) is 8.86. The number of hydrogen-bond acceptors (Lipinski definition) is 4. The summed E-state index contributed by atoms with van der Waals surface area (Å²) in [5.74, 6) is 0. The fourth-order valence-corrected chi connectivity index (χ4v) is 1.96. The molecule has 0 aromatic carbocycles. The molecule has 0 aromatic rings. The number of nitrogens with zero attached hydrogens (tertiary/aromatic N) is 3. The third-order valence-electron chi connectivity index (χ3n) is 3.46. The number of rotatable bonds is 11. The summed E-state index contributed by atoms with van der Waals surface area (Å²) in [6.07, 6.45) is 2.34. The van der Waals surface area contributed by atoms with E-state index in [1.54, 1.807) is 0 Å². The van der Waals surface area contributed by atoms with Gasteiger partial charge in [0.05, 0.1) is 6.61 Å². The first-order valence-electron chi connectivity index (χ1n) is 7.19. The molecule has 1 N–H and O–H groups in total. The highest BCUT2D eigenvalue weighted by molar-refractivity contribution is 4.67. The summed E-state index contributed by atoms with van der Waals surface area (Å²) in [6, 6.07) is 0.277. The average Bonchev–Trinajstić information content (AvgIpc) is 2.35. The number of aliphatic hydroxyl groups is 1. The van der Waals surface area contributed by atoms with Crippen LogP contribution < -0.4 is 0 Å². The highest BCUT2D eigenvalue weighted by atomic mass is 16.3. The molecule has 110 valence electrons. The smallest absolute Gasteiger partial charge is 0.0584 e. The summed E-state index contributed by atoms with van der Waals surface area (Å²) in [4.78, 5) is 6.96. The molecule has 0 aromatic heterocycles. The Labute approximate surface area is 114 Å². The van der Waals surface area contributed by atoms with Crippen LogP contribution in [0.15, 0.2) is 0 Å². The van der Waals surface area contributed by atoms with Crippen LogP contribution in [0.3, 0.4) is 0 Å². The van der Waals surface area contributed by atoms with Crippen molar-refractivity contribution in [2.24, 2.45) is 0 Å². The van der Waals surface area contributed by atoms with Gasteiger partial charge in [-0.1, -0.05) is 6.92 Å². The van der Waals surface area contributed by atoms with Gasteiger partial charge in [0.1, 0.15) is 0 Å². The molecule has 1 atom stereocenters. The van der Waals surface area contributed by atoms with E-state index in [-0.39, 0.29) is 12.6 Å². The maximum atomic E-state index is 9.31. The van der Waals surface area contributed by atoms with E-state index in [1.807, 2.05) is 0 Å². The Morgan fingerprint density at radius 2 is 1.50 bits per heavy atom. The lowest BCUT2D eigenvalue weighted by atomic mass is 10.2. The van der Waals surface area contributed by atoms with Gasteiger partial charge in [0, 0.05) is 6.04 Å². The van der Waals surface area contributed by atoms with Crippen molar-refractivity contribution in [1.82, 2.24) is 14.7 Å². The van der Waals surface area contributed by atoms with Crippen molar-refractivity contribution in [2.45, 2.75) is 32.7 Å². The molecule has 4 nitrogen and oxygen atoms in total. The number of hydrogen-bond donors (Lipinski definition) is 1. The zero-order valence-corrected chi connectivity index (χ0v) is 13.0. The van der Waals surface area contributed by atoms with Gasteiger partial charge in [-0.15, -0.1) is 0 Å². The van der Waals surface area contributed by atoms with Gasteiger partial charge in [-0.25, -0.2) is 0 Å². The van der Waals surface area contributed by atoms with Gasteiger partial charge in [0.15, 0.2) is 0 Å². The van der Waals surface area contributed by atoms with Gasteiger partial charge >= 0.3 is 0 Å². The fraction of sp³-hybridized carbons (Fsp3) is 1.00. The van der Waals surface area contributed by atoms with Crippen LogP contribution in [0.25, 0.3) is 0 Å². The maximum Gasteiger partial charge on any atom is 0.0584 e. The molecule has 0 aliphatic heterocycles. The fourth-order valence-electron chi connectivity index (χ4n) is 1.96. The van der Waals surface area contributed by atoms with Gasteiger partial charge in [-0.05, 0) is 73.6 Å². The van der Waals surface area contributed by atoms with E-state index < -0.39 is 0 Å². The molecule has 0 saturated heterocycles. The molecular weight excluding hydrogens is 226 g/mol. The highest BCUT2D eigenvalue weighted by Gasteiger charge is 2.12. The summed E-state index contributed by atoms with van der Waals surface area (Å²) in [5.41, 5.74) is 0. The van der Waals surface area contributed by atoms with Crippen LogP contribution in [0.2, 0.25) is 0 Å². The van der Waals surface area contributed by atoms with Crippen molar-refractivity contribution in [3.05, 3.63) is 0 Å². The van der Waals surface area contributed by atoms with Crippen LogP contribution in [0.4, 0.5) is 0 Å². The third-order valence-corrected chi connectivity index (χ3v) is 3.46. The van der Waals surface area contributed by atoms with Gasteiger partial charge in [-0.2, -0.15) is 0 Å². The molecule has 0 aliphatic rings. The molecule has 0 saturated carbocycles. The molecule has 0 rings (SSSR count). The first-order chi connectivity index (χ1) is 8.51. The van der Waals surface area contributed by atoms with E-state index in [9.17, 15) is 5.11 Å². The Morgan fingerprint density at radius 3 is 1.94 bits per heavy atom. The summed E-state index contributed by atoms with van der Waals surface area (Å²) in [7, 11) is 6.37. The zero-order valence-electron chi connectivity index (χ0n) is 13.0. The Kier molecular flexibility index (Phi) is 10.6. The molecule has 0 amide bonds. The second-order valence-electron chi connectivity index (χ2n) is 5.47. The van der Waals surface area contributed by atoms with Gasteiger partial charge in [0.2, 0.25) is 0 Å². The van der Waals surface area contributed by atoms with Gasteiger partial charge < -0.3 is 14.9 Å². The predicted molar refractivity (Wildman–Crippen MR) is 79.1 cm³/mol. The van der Waals surface area contributed by atoms with Crippen LogP contribution in [-0.4, -0.2) is 86.3 Å². The van der Waals surface area contributed by atoms with E-state index in [0.717, 1.165) is 32.7 Å². The van der Waals surface area contributed by atoms with E-state index in [1.165, 1.54) is 12.8 Å². The van der Waals surface area contributed by atoms with Crippen molar-refractivity contribution in [3.8, 4) is 0 Å². The van der Waals surface area contributed by atoms with Crippen LogP contribution in [0.1, 0.15) is 26.7 Å².